The molecule has 0 radical (unpaired) electrons. The number of allylic oxidation sites excluding steroid dienone is 1. The maximum Gasteiger partial charge on any atom is 0.224 e. The van der Waals surface area contributed by atoms with Gasteiger partial charge in [0.15, 0.2) is 0 Å². The predicted octanol–water partition coefficient (Wildman–Crippen LogP) is 1.09. The molecule has 1 rings (SSSR count). The summed E-state index contributed by atoms with van der Waals surface area (Å²) in [4.78, 5) is 26.4. The molecule has 0 fully saturated rings. The number of carbonyl (C=O) groups is 2. The number of nitrogens with one attached hydrogen (secondary N) is 1. The van der Waals surface area contributed by atoms with Gasteiger partial charge < -0.3 is 20.4 Å². The minimum atomic E-state index is -0.645. The van der Waals surface area contributed by atoms with Crippen LogP contribution in [0.15, 0.2) is 43.0 Å². The number of hydrogen-bond donors (Lipinski definition) is 3. The molecule has 1 aromatic carbocycles. The second-order valence-electron chi connectivity index (χ2n) is 6.04. The van der Waals surface area contributed by atoms with Gasteiger partial charge in [0.25, 0.3) is 0 Å². The molecule has 6 nitrogen and oxygen atoms in total. The Bertz CT molecular complexity index is 546. The molecule has 25 heavy (non-hydrogen) atoms. The van der Waals surface area contributed by atoms with E-state index in [1.165, 1.54) is 0 Å². The zero-order valence-corrected chi connectivity index (χ0v) is 14.7. The largest absolute Gasteiger partial charge is 0.395 e. The molecule has 0 aliphatic carbocycles. The zero-order valence-electron chi connectivity index (χ0n) is 14.7. The van der Waals surface area contributed by atoms with Crippen LogP contribution in [0.4, 0.5) is 0 Å². The van der Waals surface area contributed by atoms with E-state index in [1.807, 2.05) is 30.3 Å². The zero-order chi connectivity index (χ0) is 18.7. The highest BCUT2D eigenvalue weighted by molar-refractivity contribution is 5.86. The maximum absolute atomic E-state index is 12.6. The maximum atomic E-state index is 12.6. The van der Waals surface area contributed by atoms with Crippen molar-refractivity contribution in [3.63, 3.8) is 0 Å². The third-order valence-corrected chi connectivity index (χ3v) is 3.75. The molecule has 138 valence electrons. The topological polar surface area (TPSA) is 89.9 Å². The van der Waals surface area contributed by atoms with E-state index in [0.717, 1.165) is 5.56 Å². The first kappa shape index (κ1) is 20.9. The normalized spacial score (nSPS) is 12.9. The van der Waals surface area contributed by atoms with E-state index in [9.17, 15) is 19.8 Å². The molecule has 2 atom stereocenters. The molecule has 3 N–H and O–H groups in total. The molecule has 1 aromatic rings. The number of nitrogens with zero attached hydrogens (tertiary/aromatic N) is 1. The molecule has 0 unspecified atom stereocenters. The van der Waals surface area contributed by atoms with E-state index < -0.39 is 12.0 Å². The van der Waals surface area contributed by atoms with E-state index in [0.29, 0.717) is 13.0 Å². The molecule has 0 aromatic heterocycles. The minimum Gasteiger partial charge on any atom is -0.395 e. The molecule has 0 bridgehead atoms. The summed E-state index contributed by atoms with van der Waals surface area (Å²) in [6.45, 7) is 5.82. The van der Waals surface area contributed by atoms with Crippen LogP contribution in [0.1, 0.15) is 25.3 Å². The Labute approximate surface area is 149 Å². The summed E-state index contributed by atoms with van der Waals surface area (Å²) in [6, 6.07) is 9.50. The number of amides is 2. The van der Waals surface area contributed by atoms with Crippen LogP contribution >= 0.6 is 0 Å². The molecular weight excluding hydrogens is 320 g/mol. The first-order valence-electron chi connectivity index (χ1n) is 8.47. The first-order chi connectivity index (χ1) is 12.0. The lowest BCUT2D eigenvalue weighted by molar-refractivity contribution is -0.137. The van der Waals surface area contributed by atoms with Gasteiger partial charge in [0.05, 0.1) is 18.6 Å². The van der Waals surface area contributed by atoms with Gasteiger partial charge in [-0.3, -0.25) is 9.59 Å². The quantitative estimate of drug-likeness (QED) is 0.522. The van der Waals surface area contributed by atoms with Crippen LogP contribution in [-0.4, -0.2) is 52.7 Å². The van der Waals surface area contributed by atoms with Gasteiger partial charge in [0.2, 0.25) is 11.8 Å². The van der Waals surface area contributed by atoms with Crippen molar-refractivity contribution in [1.29, 1.82) is 0 Å². The number of aliphatic hydroxyl groups is 2. The Balaban J connectivity index is 2.73. The molecule has 0 saturated heterocycles. The SMILES string of the molecule is C=CC[C@@H](CC(=O)N(CCO)Cc1ccccc1)C(=O)NC[C@H](C)O. The summed E-state index contributed by atoms with van der Waals surface area (Å²) >= 11 is 0. The number of benzene rings is 1. The Hall–Kier alpha value is -2.18. The second-order valence-corrected chi connectivity index (χ2v) is 6.04. The minimum absolute atomic E-state index is 0.0322. The van der Waals surface area contributed by atoms with Gasteiger partial charge in [-0.25, -0.2) is 0 Å². The van der Waals surface area contributed by atoms with Crippen LogP contribution in [-0.2, 0) is 16.1 Å². The second kappa shape index (κ2) is 11.4. The summed E-state index contributed by atoms with van der Waals surface area (Å²) in [5.41, 5.74) is 0.961. The summed E-state index contributed by atoms with van der Waals surface area (Å²) in [5.74, 6) is -1.02. The molecule has 6 heteroatoms. The van der Waals surface area contributed by atoms with Crippen molar-refractivity contribution in [3.05, 3.63) is 48.6 Å². The van der Waals surface area contributed by atoms with Gasteiger partial charge in [-0.1, -0.05) is 36.4 Å². The van der Waals surface area contributed by atoms with Crippen LogP contribution in [0.25, 0.3) is 0 Å². The van der Waals surface area contributed by atoms with Crippen molar-refractivity contribution < 1.29 is 19.8 Å². The molecule has 0 heterocycles. The lowest BCUT2D eigenvalue weighted by atomic mass is 9.99. The fourth-order valence-electron chi connectivity index (χ4n) is 2.43. The van der Waals surface area contributed by atoms with E-state index in [-0.39, 0.29) is 37.9 Å². The van der Waals surface area contributed by atoms with Crippen molar-refractivity contribution in [2.75, 3.05) is 19.7 Å². The molecule has 2 amide bonds. The lowest BCUT2D eigenvalue weighted by Gasteiger charge is -2.24. The third-order valence-electron chi connectivity index (χ3n) is 3.75. The number of rotatable bonds is 11. The Morgan fingerprint density at radius 3 is 2.56 bits per heavy atom. The number of carbonyl (C=O) groups excluding carboxylic acids is 2. The van der Waals surface area contributed by atoms with E-state index >= 15 is 0 Å². The third kappa shape index (κ3) is 7.96. The van der Waals surface area contributed by atoms with Crippen LogP contribution in [0.3, 0.4) is 0 Å². The van der Waals surface area contributed by atoms with Gasteiger partial charge in [-0.05, 0) is 18.9 Å². The van der Waals surface area contributed by atoms with Gasteiger partial charge in [0.1, 0.15) is 0 Å². The summed E-state index contributed by atoms with van der Waals surface area (Å²) in [6.07, 6.45) is 1.36. The highest BCUT2D eigenvalue weighted by Crippen LogP contribution is 2.14. The fraction of sp³-hybridized carbons (Fsp3) is 0.474. The highest BCUT2D eigenvalue weighted by atomic mass is 16.3. The number of hydrogen-bond acceptors (Lipinski definition) is 4. The fourth-order valence-corrected chi connectivity index (χ4v) is 2.43. The molecular formula is C19H28N2O4. The van der Waals surface area contributed by atoms with Gasteiger partial charge in [-0.2, -0.15) is 0 Å². The average Bonchev–Trinajstić information content (AvgIpc) is 2.59. The summed E-state index contributed by atoms with van der Waals surface area (Å²) in [5, 5.41) is 21.2. The van der Waals surface area contributed by atoms with Crippen molar-refractivity contribution >= 4 is 11.8 Å². The van der Waals surface area contributed by atoms with Crippen LogP contribution in [0.2, 0.25) is 0 Å². The Morgan fingerprint density at radius 2 is 2.00 bits per heavy atom. The average molecular weight is 348 g/mol. The van der Waals surface area contributed by atoms with Gasteiger partial charge in [0, 0.05) is 26.1 Å². The molecule has 0 spiro atoms. The standard InChI is InChI=1S/C19H28N2O4/c1-3-7-17(19(25)20-13-15(2)23)12-18(24)21(10-11-22)14-16-8-5-4-6-9-16/h3-6,8-9,15,17,22-23H,1,7,10-14H2,2H3,(H,20,25)/t15-,17-/m0/s1. The highest BCUT2D eigenvalue weighted by Gasteiger charge is 2.24. The Morgan fingerprint density at radius 1 is 1.32 bits per heavy atom. The van der Waals surface area contributed by atoms with Crippen LogP contribution in [0, 0.1) is 5.92 Å². The molecule has 0 saturated carbocycles. The van der Waals surface area contributed by atoms with E-state index in [1.54, 1.807) is 17.9 Å². The number of aliphatic hydroxyl groups excluding tert-OH is 2. The summed E-state index contributed by atoms with van der Waals surface area (Å²) < 4.78 is 0. The van der Waals surface area contributed by atoms with Crippen molar-refractivity contribution in [2.24, 2.45) is 5.92 Å². The van der Waals surface area contributed by atoms with Gasteiger partial charge >= 0.3 is 0 Å². The lowest BCUT2D eigenvalue weighted by Crippen LogP contribution is -2.39. The summed E-state index contributed by atoms with van der Waals surface area (Å²) in [7, 11) is 0. The first-order valence-corrected chi connectivity index (χ1v) is 8.47. The smallest absolute Gasteiger partial charge is 0.224 e. The van der Waals surface area contributed by atoms with E-state index in [4.69, 9.17) is 0 Å². The van der Waals surface area contributed by atoms with Crippen molar-refractivity contribution in [3.8, 4) is 0 Å². The molecule has 0 aliphatic rings. The van der Waals surface area contributed by atoms with Crippen LogP contribution in [0.5, 0.6) is 0 Å². The monoisotopic (exact) mass is 348 g/mol. The van der Waals surface area contributed by atoms with E-state index in [2.05, 4.69) is 11.9 Å². The van der Waals surface area contributed by atoms with Gasteiger partial charge in [-0.15, -0.1) is 6.58 Å². The molecule has 0 aliphatic heterocycles. The Kier molecular flexibility index (Phi) is 9.50. The predicted molar refractivity (Wildman–Crippen MR) is 96.6 cm³/mol. The van der Waals surface area contributed by atoms with Crippen molar-refractivity contribution in [2.45, 2.75) is 32.4 Å². The van der Waals surface area contributed by atoms with Crippen molar-refractivity contribution in [1.82, 2.24) is 10.2 Å². The van der Waals surface area contributed by atoms with Crippen LogP contribution < -0.4 is 5.32 Å².